The van der Waals surface area contributed by atoms with Crippen molar-refractivity contribution in [1.29, 1.82) is 0 Å². The van der Waals surface area contributed by atoms with Crippen LogP contribution < -0.4 is 5.32 Å². The molecule has 2 nitrogen and oxygen atoms in total. The summed E-state index contributed by atoms with van der Waals surface area (Å²) < 4.78 is 0. The van der Waals surface area contributed by atoms with Gasteiger partial charge in [0.25, 0.3) is 0 Å². The lowest BCUT2D eigenvalue weighted by Gasteiger charge is -2.50. The van der Waals surface area contributed by atoms with Gasteiger partial charge in [0.05, 0.1) is 0 Å². The molecule has 0 aromatic rings. The van der Waals surface area contributed by atoms with Crippen LogP contribution >= 0.6 is 0 Å². The van der Waals surface area contributed by atoms with Crippen molar-refractivity contribution >= 4 is 5.91 Å². The molecule has 1 aliphatic carbocycles. The highest BCUT2D eigenvalue weighted by atomic mass is 16.2. The van der Waals surface area contributed by atoms with Crippen LogP contribution in [0, 0.1) is 5.41 Å². The standard InChI is InChI=1S/C10H17NO/c1-9(2)4-3-5-10(7-9)6-8(12)11-10/h3-7H2,1-2H3,(H,11,12). The van der Waals surface area contributed by atoms with Gasteiger partial charge in [-0.15, -0.1) is 0 Å². The largest absolute Gasteiger partial charge is 0.350 e. The predicted molar refractivity (Wildman–Crippen MR) is 47.7 cm³/mol. The van der Waals surface area contributed by atoms with E-state index in [1.54, 1.807) is 0 Å². The molecule has 1 heterocycles. The molecule has 1 amide bonds. The second-order valence-corrected chi connectivity index (χ2v) is 5.20. The molecular weight excluding hydrogens is 150 g/mol. The van der Waals surface area contributed by atoms with E-state index in [-0.39, 0.29) is 11.4 Å². The van der Waals surface area contributed by atoms with E-state index in [2.05, 4.69) is 19.2 Å². The molecular formula is C10H17NO. The summed E-state index contributed by atoms with van der Waals surface area (Å²) in [6.07, 6.45) is 5.72. The molecule has 2 fully saturated rings. The van der Waals surface area contributed by atoms with Crippen molar-refractivity contribution in [2.24, 2.45) is 5.41 Å². The van der Waals surface area contributed by atoms with Crippen LogP contribution in [-0.4, -0.2) is 11.4 Å². The molecule has 1 saturated heterocycles. The zero-order valence-corrected chi connectivity index (χ0v) is 7.94. The van der Waals surface area contributed by atoms with Gasteiger partial charge in [-0.05, 0) is 24.7 Å². The Labute approximate surface area is 73.7 Å². The Morgan fingerprint density at radius 2 is 2.00 bits per heavy atom. The summed E-state index contributed by atoms with van der Waals surface area (Å²) >= 11 is 0. The first kappa shape index (κ1) is 8.09. The summed E-state index contributed by atoms with van der Waals surface area (Å²) in [6, 6.07) is 0. The van der Waals surface area contributed by atoms with E-state index in [9.17, 15) is 4.79 Å². The predicted octanol–water partition coefficient (Wildman–Crippen LogP) is 1.85. The van der Waals surface area contributed by atoms with Gasteiger partial charge >= 0.3 is 0 Å². The highest BCUT2D eigenvalue weighted by Crippen LogP contribution is 2.45. The summed E-state index contributed by atoms with van der Waals surface area (Å²) in [5, 5.41) is 3.07. The van der Waals surface area contributed by atoms with E-state index in [1.165, 1.54) is 25.7 Å². The van der Waals surface area contributed by atoms with Crippen LogP contribution in [0.25, 0.3) is 0 Å². The third-order valence-corrected chi connectivity index (χ3v) is 3.23. The van der Waals surface area contributed by atoms with Gasteiger partial charge in [0.2, 0.25) is 5.91 Å². The smallest absolute Gasteiger partial charge is 0.222 e. The second kappa shape index (κ2) is 2.24. The van der Waals surface area contributed by atoms with E-state index in [0.717, 1.165) is 6.42 Å². The van der Waals surface area contributed by atoms with Crippen molar-refractivity contribution in [2.45, 2.75) is 51.5 Å². The van der Waals surface area contributed by atoms with Gasteiger partial charge in [-0.1, -0.05) is 20.3 Å². The second-order valence-electron chi connectivity index (χ2n) is 5.20. The molecule has 12 heavy (non-hydrogen) atoms. The molecule has 1 saturated carbocycles. The van der Waals surface area contributed by atoms with E-state index in [0.29, 0.717) is 5.41 Å². The fourth-order valence-electron chi connectivity index (χ4n) is 2.84. The molecule has 1 atom stereocenters. The first-order valence-corrected chi connectivity index (χ1v) is 4.83. The first-order chi connectivity index (χ1) is 5.52. The van der Waals surface area contributed by atoms with Gasteiger partial charge in [0.15, 0.2) is 0 Å². The van der Waals surface area contributed by atoms with E-state index in [4.69, 9.17) is 0 Å². The molecule has 0 aromatic heterocycles. The van der Waals surface area contributed by atoms with Crippen LogP contribution in [0.5, 0.6) is 0 Å². The number of nitrogens with one attached hydrogen (secondary N) is 1. The molecule has 1 N–H and O–H groups in total. The zero-order chi connectivity index (χ0) is 8.82. The summed E-state index contributed by atoms with van der Waals surface area (Å²) in [4.78, 5) is 10.9. The minimum Gasteiger partial charge on any atom is -0.350 e. The normalized spacial score (nSPS) is 39.0. The molecule has 68 valence electrons. The lowest BCUT2D eigenvalue weighted by Crippen LogP contribution is -2.63. The zero-order valence-electron chi connectivity index (χ0n) is 7.94. The number of β-lactam (4-membered cyclic amide) rings is 1. The monoisotopic (exact) mass is 167 g/mol. The molecule has 0 radical (unpaired) electrons. The van der Waals surface area contributed by atoms with Crippen molar-refractivity contribution in [2.75, 3.05) is 0 Å². The Hall–Kier alpha value is -0.530. The molecule has 2 rings (SSSR count). The Balaban J connectivity index is 2.05. The van der Waals surface area contributed by atoms with Gasteiger partial charge < -0.3 is 5.32 Å². The van der Waals surface area contributed by atoms with Gasteiger partial charge in [0.1, 0.15) is 0 Å². The van der Waals surface area contributed by atoms with E-state index >= 15 is 0 Å². The quantitative estimate of drug-likeness (QED) is 0.548. The molecule has 2 aliphatic rings. The average molecular weight is 167 g/mol. The van der Waals surface area contributed by atoms with E-state index in [1.807, 2.05) is 0 Å². The highest BCUT2D eigenvalue weighted by molar-refractivity contribution is 5.84. The van der Waals surface area contributed by atoms with E-state index < -0.39 is 0 Å². The molecule has 1 unspecified atom stereocenters. The highest BCUT2D eigenvalue weighted by Gasteiger charge is 2.47. The van der Waals surface area contributed by atoms with Crippen LogP contribution in [0.1, 0.15) is 46.0 Å². The van der Waals surface area contributed by atoms with Gasteiger partial charge in [0, 0.05) is 12.0 Å². The van der Waals surface area contributed by atoms with Crippen molar-refractivity contribution in [3.8, 4) is 0 Å². The third-order valence-electron chi connectivity index (χ3n) is 3.23. The van der Waals surface area contributed by atoms with Crippen molar-refractivity contribution in [1.82, 2.24) is 5.32 Å². The summed E-state index contributed by atoms with van der Waals surface area (Å²) in [5.41, 5.74) is 0.644. The number of rotatable bonds is 0. The number of carbonyl (C=O) groups excluding carboxylic acids is 1. The molecule has 0 bridgehead atoms. The fourth-order valence-corrected chi connectivity index (χ4v) is 2.84. The first-order valence-electron chi connectivity index (χ1n) is 4.83. The maximum absolute atomic E-state index is 10.9. The Morgan fingerprint density at radius 3 is 2.50 bits per heavy atom. The summed E-state index contributed by atoms with van der Waals surface area (Å²) in [5.74, 6) is 0.243. The number of hydrogen-bond acceptors (Lipinski definition) is 1. The minimum atomic E-state index is 0.207. The van der Waals surface area contributed by atoms with Crippen LogP contribution in [0.2, 0.25) is 0 Å². The number of hydrogen-bond donors (Lipinski definition) is 1. The lowest BCUT2D eigenvalue weighted by molar-refractivity contribution is -0.135. The van der Waals surface area contributed by atoms with Gasteiger partial charge in [-0.3, -0.25) is 4.79 Å². The SMILES string of the molecule is CC1(C)CCCC2(CC(=O)N2)C1. The van der Waals surface area contributed by atoms with Crippen LogP contribution in [0.15, 0.2) is 0 Å². The Morgan fingerprint density at radius 1 is 1.33 bits per heavy atom. The Bertz CT molecular complexity index is 212. The fraction of sp³-hybridized carbons (Fsp3) is 0.900. The molecule has 0 aromatic carbocycles. The average Bonchev–Trinajstić information content (AvgIpc) is 1.81. The molecule has 1 aliphatic heterocycles. The Kier molecular flexibility index (Phi) is 1.51. The molecule has 1 spiro atoms. The number of amides is 1. The van der Waals surface area contributed by atoms with Gasteiger partial charge in [-0.2, -0.15) is 0 Å². The van der Waals surface area contributed by atoms with Crippen LogP contribution in [0.3, 0.4) is 0 Å². The van der Waals surface area contributed by atoms with Crippen molar-refractivity contribution in [3.05, 3.63) is 0 Å². The van der Waals surface area contributed by atoms with Crippen molar-refractivity contribution in [3.63, 3.8) is 0 Å². The maximum atomic E-state index is 10.9. The van der Waals surface area contributed by atoms with Crippen molar-refractivity contribution < 1.29 is 4.79 Å². The van der Waals surface area contributed by atoms with Crippen LogP contribution in [-0.2, 0) is 4.79 Å². The van der Waals surface area contributed by atoms with Crippen LogP contribution in [0.4, 0.5) is 0 Å². The molecule has 2 heteroatoms. The minimum absolute atomic E-state index is 0.207. The van der Waals surface area contributed by atoms with Gasteiger partial charge in [-0.25, -0.2) is 0 Å². The third kappa shape index (κ3) is 1.23. The lowest BCUT2D eigenvalue weighted by atomic mass is 9.64. The summed E-state index contributed by atoms with van der Waals surface area (Å²) in [6.45, 7) is 4.61. The number of carbonyl (C=O) groups is 1. The summed E-state index contributed by atoms with van der Waals surface area (Å²) in [7, 11) is 0. The maximum Gasteiger partial charge on any atom is 0.222 e. The topological polar surface area (TPSA) is 29.1 Å².